The van der Waals surface area contributed by atoms with Crippen molar-refractivity contribution in [1.82, 2.24) is 15.2 Å². The van der Waals surface area contributed by atoms with Crippen LogP contribution < -0.4 is 10.9 Å². The lowest BCUT2D eigenvalue weighted by molar-refractivity contribution is -0.148. The van der Waals surface area contributed by atoms with E-state index in [9.17, 15) is 24.3 Å². The Morgan fingerprint density at radius 1 is 1.02 bits per heavy atom. The number of fused-ring (bicyclic) bond motifs is 1. The number of unbranched alkanes of at least 4 members (excludes halogenated alkanes) is 6. The predicted molar refractivity (Wildman–Crippen MR) is 184 cm³/mol. The number of hydrogen-bond acceptors (Lipinski definition) is 6. The van der Waals surface area contributed by atoms with Crippen molar-refractivity contribution < 1.29 is 29.3 Å². The van der Waals surface area contributed by atoms with Crippen molar-refractivity contribution >= 4 is 40.3 Å². The van der Waals surface area contributed by atoms with Gasteiger partial charge in [-0.25, -0.2) is 4.79 Å². The number of aromatic nitrogens is 1. The molecule has 4 N–H and O–H groups in total. The number of nitrogens with one attached hydrogen (secondary N) is 2. The number of halogens is 1. The average Bonchev–Trinajstić information content (AvgIpc) is 3.06. The first-order valence-electron chi connectivity index (χ1n) is 16.1. The van der Waals surface area contributed by atoms with Crippen molar-refractivity contribution in [3.8, 4) is 0 Å². The van der Waals surface area contributed by atoms with E-state index in [4.69, 9.17) is 21.4 Å². The molecule has 47 heavy (non-hydrogen) atoms. The highest BCUT2D eigenvalue weighted by atomic mass is 35.5. The van der Waals surface area contributed by atoms with Crippen molar-refractivity contribution in [3.63, 3.8) is 0 Å². The number of pyridine rings is 1. The van der Waals surface area contributed by atoms with E-state index in [1.807, 2.05) is 23.1 Å². The highest BCUT2D eigenvalue weighted by Gasteiger charge is 2.48. The second kappa shape index (κ2) is 19.0. The van der Waals surface area contributed by atoms with Gasteiger partial charge in [-0.05, 0) is 62.1 Å². The minimum atomic E-state index is -1.72. The van der Waals surface area contributed by atoms with Crippen LogP contribution in [0.5, 0.6) is 0 Å². The van der Waals surface area contributed by atoms with Gasteiger partial charge < -0.3 is 25.3 Å². The number of carboxylic acids is 2. The number of benzene rings is 2. The maximum atomic E-state index is 13.3. The summed E-state index contributed by atoms with van der Waals surface area (Å²) in [6.45, 7) is 7.46. The molecule has 0 saturated carbocycles. The van der Waals surface area contributed by atoms with Crippen LogP contribution in [0.1, 0.15) is 74.2 Å². The number of morpholine rings is 1. The van der Waals surface area contributed by atoms with E-state index < -0.39 is 29.4 Å². The molecule has 1 aliphatic rings. The number of carboxylic acid groups (broad SMARTS) is 2. The summed E-state index contributed by atoms with van der Waals surface area (Å²) in [5.41, 5.74) is -0.619. The van der Waals surface area contributed by atoms with E-state index in [-0.39, 0.29) is 12.0 Å². The van der Waals surface area contributed by atoms with Crippen LogP contribution in [-0.4, -0.2) is 75.8 Å². The van der Waals surface area contributed by atoms with Crippen LogP contribution in [0.15, 0.2) is 72.0 Å². The van der Waals surface area contributed by atoms with Crippen molar-refractivity contribution in [1.29, 1.82) is 0 Å². The summed E-state index contributed by atoms with van der Waals surface area (Å²) in [6, 6.07) is 14.3. The van der Waals surface area contributed by atoms with E-state index in [1.165, 1.54) is 31.7 Å². The van der Waals surface area contributed by atoms with E-state index in [0.717, 1.165) is 24.6 Å². The maximum absolute atomic E-state index is 13.3. The summed E-state index contributed by atoms with van der Waals surface area (Å²) >= 11 is 5.95. The fraction of sp³-hybridized carbons (Fsp3) is 0.444. The molecule has 254 valence electrons. The van der Waals surface area contributed by atoms with E-state index >= 15 is 0 Å². The molecule has 1 saturated heterocycles. The van der Waals surface area contributed by atoms with E-state index in [1.54, 1.807) is 43.3 Å². The van der Waals surface area contributed by atoms with Crippen LogP contribution in [0.4, 0.5) is 0 Å². The number of ether oxygens (including phenoxy) is 1. The van der Waals surface area contributed by atoms with Crippen LogP contribution in [0.2, 0.25) is 5.02 Å². The lowest BCUT2D eigenvalue weighted by Gasteiger charge is -2.43. The molecular weight excluding hydrogens is 622 g/mol. The van der Waals surface area contributed by atoms with Gasteiger partial charge in [-0.3, -0.25) is 19.3 Å². The molecule has 1 aliphatic heterocycles. The third-order valence-electron chi connectivity index (χ3n) is 8.49. The van der Waals surface area contributed by atoms with Gasteiger partial charge in [0.2, 0.25) is 5.56 Å². The first-order valence-corrected chi connectivity index (χ1v) is 16.5. The second-order valence-corrected chi connectivity index (χ2v) is 12.2. The number of carbonyl (C=O) groups is 3. The third kappa shape index (κ3) is 11.3. The van der Waals surface area contributed by atoms with Gasteiger partial charge in [-0.2, -0.15) is 0 Å². The summed E-state index contributed by atoms with van der Waals surface area (Å²) in [4.78, 5) is 53.5. The summed E-state index contributed by atoms with van der Waals surface area (Å²) in [6.07, 6.45) is 10.1. The monoisotopic (exact) mass is 667 g/mol. The first kappa shape index (κ1) is 37.5. The smallest absolute Gasteiger partial charge is 0.331 e. The van der Waals surface area contributed by atoms with E-state index in [0.29, 0.717) is 54.4 Å². The molecule has 1 fully saturated rings. The Morgan fingerprint density at radius 3 is 2.30 bits per heavy atom. The molecule has 2 unspecified atom stereocenters. The van der Waals surface area contributed by atoms with Gasteiger partial charge in [0.05, 0.1) is 13.2 Å². The number of aromatic amines is 1. The van der Waals surface area contributed by atoms with Gasteiger partial charge in [0.1, 0.15) is 0 Å². The van der Waals surface area contributed by atoms with Crippen molar-refractivity contribution in [2.24, 2.45) is 0 Å². The average molecular weight is 668 g/mol. The number of carbonyl (C=O) groups excluding carboxylic acids is 1. The van der Waals surface area contributed by atoms with Crippen LogP contribution in [-0.2, 0) is 20.7 Å². The number of nitrogens with zero attached hydrogens (tertiary/aromatic N) is 1. The Balaban J connectivity index is 0.000000392. The predicted octanol–water partition coefficient (Wildman–Crippen LogP) is 6.08. The zero-order chi connectivity index (χ0) is 34.2. The molecule has 3 aromatic rings. The van der Waals surface area contributed by atoms with Gasteiger partial charge in [-0.1, -0.05) is 61.6 Å². The summed E-state index contributed by atoms with van der Waals surface area (Å²) < 4.78 is 5.44. The molecule has 0 bridgehead atoms. The van der Waals surface area contributed by atoms with Gasteiger partial charge in [-0.15, -0.1) is 6.58 Å². The summed E-state index contributed by atoms with van der Waals surface area (Å²) in [5, 5.41) is 23.0. The zero-order valence-corrected chi connectivity index (χ0v) is 27.8. The minimum absolute atomic E-state index is 0.0787. The normalized spacial score (nSPS) is 15.1. The Bertz CT molecular complexity index is 1540. The molecule has 1 amide bonds. The second-order valence-electron chi connectivity index (χ2n) is 11.8. The van der Waals surface area contributed by atoms with Crippen LogP contribution in [0.3, 0.4) is 0 Å². The van der Waals surface area contributed by atoms with Crippen LogP contribution in [0.25, 0.3) is 10.9 Å². The lowest BCUT2D eigenvalue weighted by atomic mass is 9.82. The maximum Gasteiger partial charge on any atom is 0.331 e. The third-order valence-corrected chi connectivity index (χ3v) is 8.74. The number of aliphatic carboxylic acids is 2. The first-order chi connectivity index (χ1) is 22.6. The topological polar surface area (TPSA) is 149 Å². The number of amides is 1. The van der Waals surface area contributed by atoms with E-state index in [2.05, 4.69) is 16.9 Å². The molecule has 0 aliphatic carbocycles. The summed E-state index contributed by atoms with van der Waals surface area (Å²) in [5.74, 6) is -2.39. The van der Waals surface area contributed by atoms with Gasteiger partial charge in [0.25, 0.3) is 5.91 Å². The zero-order valence-electron chi connectivity index (χ0n) is 27.0. The number of hydrogen-bond donors (Lipinski definition) is 4. The molecule has 2 atom stereocenters. The van der Waals surface area contributed by atoms with Crippen molar-refractivity contribution in [3.05, 3.63) is 93.8 Å². The number of H-pyrrole nitrogens is 1. The molecule has 11 heteroatoms. The highest BCUT2D eigenvalue weighted by molar-refractivity contribution is 6.30. The Morgan fingerprint density at radius 2 is 1.66 bits per heavy atom. The van der Waals surface area contributed by atoms with Gasteiger partial charge in [0, 0.05) is 59.5 Å². The fourth-order valence-electron chi connectivity index (χ4n) is 5.75. The Labute approximate surface area is 280 Å². The number of allylic oxidation sites excluding steroid dienone is 1. The quantitative estimate of drug-likeness (QED) is 0.106. The molecule has 1 aromatic heterocycles. The Kier molecular flexibility index (Phi) is 15.1. The van der Waals surface area contributed by atoms with Crippen molar-refractivity contribution in [2.45, 2.75) is 76.3 Å². The molecule has 0 radical (unpaired) electrons. The molecule has 2 aromatic carbocycles. The lowest BCUT2D eigenvalue weighted by Crippen LogP contribution is -2.68. The molecular formula is C36H46ClN3O7. The molecule has 4 rings (SSSR count). The Hall–Kier alpha value is -3.99. The minimum Gasteiger partial charge on any atom is -0.481 e. The molecule has 10 nitrogen and oxygen atoms in total. The van der Waals surface area contributed by atoms with Crippen LogP contribution in [0, 0.1) is 0 Å². The van der Waals surface area contributed by atoms with Crippen LogP contribution >= 0.6 is 11.6 Å². The summed E-state index contributed by atoms with van der Waals surface area (Å²) in [7, 11) is 0. The molecule has 0 spiro atoms. The highest BCUT2D eigenvalue weighted by Crippen LogP contribution is 2.27. The van der Waals surface area contributed by atoms with Crippen molar-refractivity contribution in [2.75, 3.05) is 26.3 Å². The number of para-hydroxylation sites is 1. The SMILES string of the molecule is C=CCCCCCCCCC(=O)O.CC(N1CCOCC1)C(Cc1cc(=O)[nH]c2ccccc12)(NC(=O)c1ccc(Cl)cc1)C(=O)O. The fourth-order valence-corrected chi connectivity index (χ4v) is 5.88. The standard InChI is InChI=1S/C25H26ClN3O5.C11H20O2/c1-16(29-10-12-34-13-11-29)25(24(32)33,28-23(31)17-6-8-19(26)9-7-17)15-18-14-22(30)27-21-5-3-2-4-20(18)21;1-2-3-4-5-6-7-8-9-10-11(12)13/h2-9,14,16H,10-13,15H2,1H3,(H,27,30)(H,28,31)(H,32,33);2H,1,3-10H2,(H,12,13). The largest absolute Gasteiger partial charge is 0.481 e. The number of rotatable bonds is 16. The molecule has 2 heterocycles. The van der Waals surface area contributed by atoms with Gasteiger partial charge in [0.15, 0.2) is 5.54 Å². The van der Waals surface area contributed by atoms with Gasteiger partial charge >= 0.3 is 11.9 Å².